The van der Waals surface area contributed by atoms with Crippen LogP contribution in [0.2, 0.25) is 0 Å². The summed E-state index contributed by atoms with van der Waals surface area (Å²) >= 11 is 0. The largest absolute Gasteiger partial charge is 0.480 e. The average Bonchev–Trinajstić information content (AvgIpc) is 2.61. The van der Waals surface area contributed by atoms with E-state index in [-0.39, 0.29) is 5.41 Å². The number of carboxylic acids is 1. The van der Waals surface area contributed by atoms with E-state index >= 15 is 0 Å². The fourth-order valence-corrected chi connectivity index (χ4v) is 1.07. The predicted molar refractivity (Wildman–Crippen MR) is 59.1 cm³/mol. The number of aliphatic carboxylic acids is 1. The van der Waals surface area contributed by atoms with Gasteiger partial charge in [-0.2, -0.15) is 0 Å². The standard InChI is InChI=1S/C11H18N2O3/c1-7(10(14)15)12-6-9-13-5-8(16-9)11(2,3)4/h5,7,12H,6H2,1-4H3,(H,14,15)/t7-/m1/s1. The van der Waals surface area contributed by atoms with Gasteiger partial charge in [-0.05, 0) is 6.92 Å². The molecule has 0 spiro atoms. The molecular formula is C11H18N2O3. The van der Waals surface area contributed by atoms with E-state index in [0.29, 0.717) is 12.4 Å². The third-order valence-corrected chi connectivity index (χ3v) is 2.22. The van der Waals surface area contributed by atoms with E-state index < -0.39 is 12.0 Å². The van der Waals surface area contributed by atoms with E-state index in [1.165, 1.54) is 0 Å². The van der Waals surface area contributed by atoms with Gasteiger partial charge in [-0.15, -0.1) is 0 Å². The minimum absolute atomic E-state index is 0.0797. The zero-order chi connectivity index (χ0) is 12.3. The normalized spacial score (nSPS) is 13.8. The summed E-state index contributed by atoms with van der Waals surface area (Å²) in [6, 6.07) is -0.606. The fraction of sp³-hybridized carbons (Fsp3) is 0.636. The summed E-state index contributed by atoms with van der Waals surface area (Å²) in [5, 5.41) is 11.5. The van der Waals surface area contributed by atoms with Crippen LogP contribution in [0.5, 0.6) is 0 Å². The molecule has 0 bridgehead atoms. The number of rotatable bonds is 4. The molecule has 1 aromatic heterocycles. The summed E-state index contributed by atoms with van der Waals surface area (Å²) in [6.07, 6.45) is 1.68. The quantitative estimate of drug-likeness (QED) is 0.814. The second-order valence-electron chi connectivity index (χ2n) is 4.81. The van der Waals surface area contributed by atoms with Crippen molar-refractivity contribution in [1.29, 1.82) is 0 Å². The van der Waals surface area contributed by atoms with Crippen molar-refractivity contribution in [2.45, 2.75) is 45.7 Å². The highest BCUT2D eigenvalue weighted by atomic mass is 16.4. The van der Waals surface area contributed by atoms with E-state index in [1.54, 1.807) is 13.1 Å². The summed E-state index contributed by atoms with van der Waals surface area (Å²) < 4.78 is 5.51. The first kappa shape index (κ1) is 12.7. The first-order valence-corrected chi connectivity index (χ1v) is 5.22. The second kappa shape index (κ2) is 4.65. The highest BCUT2D eigenvalue weighted by Crippen LogP contribution is 2.22. The molecule has 0 radical (unpaired) electrons. The van der Waals surface area contributed by atoms with E-state index in [9.17, 15) is 4.79 Å². The van der Waals surface area contributed by atoms with Gasteiger partial charge in [-0.25, -0.2) is 4.98 Å². The van der Waals surface area contributed by atoms with Crippen LogP contribution in [-0.4, -0.2) is 22.1 Å². The lowest BCUT2D eigenvalue weighted by Crippen LogP contribution is -2.33. The Kier molecular flexibility index (Phi) is 3.70. The summed E-state index contributed by atoms with van der Waals surface area (Å²) in [5.74, 6) is 0.424. The molecule has 1 rings (SSSR count). The lowest BCUT2D eigenvalue weighted by molar-refractivity contribution is -0.139. The number of hydrogen-bond donors (Lipinski definition) is 2. The highest BCUT2D eigenvalue weighted by Gasteiger charge is 2.19. The molecule has 1 atom stereocenters. The highest BCUT2D eigenvalue weighted by molar-refractivity contribution is 5.72. The SMILES string of the molecule is C[C@@H](NCc1ncc(C(C)(C)C)o1)C(=O)O. The summed E-state index contributed by atoms with van der Waals surface area (Å²) in [4.78, 5) is 14.7. The fourth-order valence-electron chi connectivity index (χ4n) is 1.07. The van der Waals surface area contributed by atoms with Crippen molar-refractivity contribution in [3.8, 4) is 0 Å². The van der Waals surface area contributed by atoms with Gasteiger partial charge in [0, 0.05) is 5.41 Å². The van der Waals surface area contributed by atoms with Crippen LogP contribution in [0.1, 0.15) is 39.3 Å². The van der Waals surface area contributed by atoms with Gasteiger partial charge in [-0.1, -0.05) is 20.8 Å². The number of nitrogens with zero attached hydrogens (tertiary/aromatic N) is 1. The first-order chi connectivity index (χ1) is 7.30. The van der Waals surface area contributed by atoms with Crippen molar-refractivity contribution in [2.75, 3.05) is 0 Å². The summed E-state index contributed by atoms with van der Waals surface area (Å²) in [7, 11) is 0. The van der Waals surface area contributed by atoms with E-state index in [4.69, 9.17) is 9.52 Å². The van der Waals surface area contributed by atoms with Gasteiger partial charge >= 0.3 is 5.97 Å². The third-order valence-electron chi connectivity index (χ3n) is 2.22. The van der Waals surface area contributed by atoms with Gasteiger partial charge < -0.3 is 9.52 Å². The van der Waals surface area contributed by atoms with Crippen molar-refractivity contribution >= 4 is 5.97 Å². The maximum Gasteiger partial charge on any atom is 0.320 e. The van der Waals surface area contributed by atoms with E-state index in [2.05, 4.69) is 10.3 Å². The zero-order valence-corrected chi connectivity index (χ0v) is 10.1. The van der Waals surface area contributed by atoms with E-state index in [0.717, 1.165) is 5.76 Å². The Balaban J connectivity index is 2.57. The molecule has 16 heavy (non-hydrogen) atoms. The van der Waals surface area contributed by atoms with Crippen LogP contribution < -0.4 is 5.32 Å². The van der Waals surface area contributed by atoms with Gasteiger partial charge in [0.15, 0.2) is 0 Å². The predicted octanol–water partition coefficient (Wildman–Crippen LogP) is 1.53. The molecule has 0 aliphatic carbocycles. The number of hydrogen-bond acceptors (Lipinski definition) is 4. The van der Waals surface area contributed by atoms with Crippen molar-refractivity contribution in [1.82, 2.24) is 10.3 Å². The second-order valence-corrected chi connectivity index (χ2v) is 4.81. The van der Waals surface area contributed by atoms with Crippen LogP contribution in [0.3, 0.4) is 0 Å². The molecule has 0 aliphatic rings. The monoisotopic (exact) mass is 226 g/mol. The minimum atomic E-state index is -0.886. The molecule has 0 unspecified atom stereocenters. The van der Waals surface area contributed by atoms with Gasteiger partial charge in [0.25, 0.3) is 0 Å². The number of oxazole rings is 1. The Morgan fingerprint density at radius 2 is 2.25 bits per heavy atom. The van der Waals surface area contributed by atoms with Crippen molar-refractivity contribution in [2.24, 2.45) is 0 Å². The smallest absolute Gasteiger partial charge is 0.320 e. The molecular weight excluding hydrogens is 208 g/mol. The third kappa shape index (κ3) is 3.34. The van der Waals surface area contributed by atoms with Crippen LogP contribution in [0.15, 0.2) is 10.6 Å². The van der Waals surface area contributed by atoms with Crippen LogP contribution in [0.25, 0.3) is 0 Å². The van der Waals surface area contributed by atoms with Crippen LogP contribution >= 0.6 is 0 Å². The first-order valence-electron chi connectivity index (χ1n) is 5.22. The molecule has 0 amide bonds. The number of aromatic nitrogens is 1. The maximum atomic E-state index is 10.6. The van der Waals surface area contributed by atoms with Gasteiger partial charge in [0.2, 0.25) is 5.89 Å². The molecule has 0 saturated heterocycles. The zero-order valence-electron chi connectivity index (χ0n) is 10.1. The van der Waals surface area contributed by atoms with Crippen LogP contribution in [0.4, 0.5) is 0 Å². The Morgan fingerprint density at radius 3 is 2.69 bits per heavy atom. The molecule has 0 aromatic carbocycles. The number of nitrogens with one attached hydrogen (secondary N) is 1. The molecule has 2 N–H and O–H groups in total. The number of carbonyl (C=O) groups is 1. The van der Waals surface area contributed by atoms with Gasteiger partial charge in [-0.3, -0.25) is 10.1 Å². The Labute approximate surface area is 94.9 Å². The Hall–Kier alpha value is -1.36. The molecule has 1 heterocycles. The van der Waals surface area contributed by atoms with Crippen molar-refractivity contribution in [3.63, 3.8) is 0 Å². The molecule has 90 valence electrons. The molecule has 0 fully saturated rings. The Morgan fingerprint density at radius 1 is 1.62 bits per heavy atom. The summed E-state index contributed by atoms with van der Waals surface area (Å²) in [5.41, 5.74) is -0.0797. The van der Waals surface area contributed by atoms with Crippen molar-refractivity contribution < 1.29 is 14.3 Å². The summed E-state index contributed by atoms with van der Waals surface area (Å²) in [6.45, 7) is 8.00. The van der Waals surface area contributed by atoms with Gasteiger partial charge in [0.05, 0.1) is 12.7 Å². The molecule has 1 aromatic rings. The van der Waals surface area contributed by atoms with Crippen LogP contribution in [-0.2, 0) is 16.8 Å². The van der Waals surface area contributed by atoms with Crippen molar-refractivity contribution in [3.05, 3.63) is 17.8 Å². The van der Waals surface area contributed by atoms with Gasteiger partial charge in [0.1, 0.15) is 11.8 Å². The van der Waals surface area contributed by atoms with E-state index in [1.807, 2.05) is 20.8 Å². The lowest BCUT2D eigenvalue weighted by atomic mass is 9.94. The Bertz CT molecular complexity index is 366. The minimum Gasteiger partial charge on any atom is -0.480 e. The number of carboxylic acid groups (broad SMARTS) is 1. The van der Waals surface area contributed by atoms with Crippen LogP contribution in [0, 0.1) is 0 Å². The lowest BCUT2D eigenvalue weighted by Gasteiger charge is -2.13. The molecule has 0 aliphatic heterocycles. The molecule has 0 saturated carbocycles. The average molecular weight is 226 g/mol. The topological polar surface area (TPSA) is 75.4 Å². The molecule has 5 nitrogen and oxygen atoms in total. The maximum absolute atomic E-state index is 10.6. The molecule has 5 heteroatoms.